The number of carboxylic acid groups (broad SMARTS) is 1. The van der Waals surface area contributed by atoms with E-state index in [1.54, 1.807) is 49.6 Å². The maximum atomic E-state index is 11.3. The first-order chi connectivity index (χ1) is 14.6. The Balaban J connectivity index is 1.77. The molecule has 0 unspecified atom stereocenters. The van der Waals surface area contributed by atoms with E-state index in [-0.39, 0.29) is 11.3 Å². The fourth-order valence-corrected chi connectivity index (χ4v) is 2.53. The highest BCUT2D eigenvalue weighted by Gasteiger charge is 2.09. The number of carboxylic acids is 1. The van der Waals surface area contributed by atoms with Gasteiger partial charge in [0.05, 0.1) is 31.2 Å². The lowest BCUT2D eigenvalue weighted by Gasteiger charge is -2.07. The van der Waals surface area contributed by atoms with E-state index >= 15 is 0 Å². The van der Waals surface area contributed by atoms with Crippen LogP contribution in [0.1, 0.15) is 10.4 Å². The molecule has 3 aromatic carbocycles. The average Bonchev–Trinajstić information content (AvgIpc) is 2.78. The maximum absolute atomic E-state index is 11.3. The number of methoxy groups -OCH3 is 2. The summed E-state index contributed by atoms with van der Waals surface area (Å²) in [5.41, 5.74) is 4.77. The fourth-order valence-electron chi connectivity index (χ4n) is 2.53. The molecular weight excluding hydrogens is 386 g/mol. The van der Waals surface area contributed by atoms with Gasteiger partial charge in [0.1, 0.15) is 22.9 Å². The van der Waals surface area contributed by atoms with Gasteiger partial charge < -0.3 is 14.6 Å². The van der Waals surface area contributed by atoms with Crippen LogP contribution in [-0.4, -0.2) is 25.3 Å². The molecule has 0 spiro atoms. The van der Waals surface area contributed by atoms with Gasteiger partial charge >= 0.3 is 5.97 Å². The van der Waals surface area contributed by atoms with Crippen molar-refractivity contribution in [1.29, 1.82) is 0 Å². The maximum Gasteiger partial charge on any atom is 0.337 e. The highest BCUT2D eigenvalue weighted by Crippen LogP contribution is 2.33. The van der Waals surface area contributed by atoms with E-state index in [0.717, 1.165) is 0 Å². The van der Waals surface area contributed by atoms with Crippen molar-refractivity contribution < 1.29 is 19.4 Å². The van der Waals surface area contributed by atoms with E-state index < -0.39 is 5.97 Å². The van der Waals surface area contributed by atoms with Crippen LogP contribution in [-0.2, 0) is 0 Å². The molecule has 0 atom stereocenters. The second-order valence-corrected chi connectivity index (χ2v) is 5.89. The van der Waals surface area contributed by atoms with Crippen LogP contribution in [0.2, 0.25) is 0 Å². The van der Waals surface area contributed by atoms with Gasteiger partial charge in [-0.2, -0.15) is 5.11 Å². The van der Waals surface area contributed by atoms with E-state index in [4.69, 9.17) is 9.47 Å². The van der Waals surface area contributed by atoms with Crippen molar-refractivity contribution >= 4 is 28.7 Å². The number of hydrogen-bond donors (Lipinski definition) is 2. The fraction of sp³-hybridized carbons (Fsp3) is 0.0952. The lowest BCUT2D eigenvalue weighted by atomic mass is 10.2. The Morgan fingerprint density at radius 1 is 0.833 bits per heavy atom. The number of para-hydroxylation sites is 2. The topological polar surface area (TPSA) is 117 Å². The van der Waals surface area contributed by atoms with Crippen molar-refractivity contribution in [2.45, 2.75) is 0 Å². The molecule has 2 N–H and O–H groups in total. The third kappa shape index (κ3) is 4.96. The molecule has 0 aliphatic rings. The SMILES string of the molecule is COc1cc(N=Nc2ccccc2C(=O)O)ccc1N=NNc1ccccc1OC. The first-order valence-electron chi connectivity index (χ1n) is 8.84. The van der Waals surface area contributed by atoms with E-state index in [2.05, 4.69) is 26.0 Å². The summed E-state index contributed by atoms with van der Waals surface area (Å²) in [6.07, 6.45) is 0. The molecule has 0 saturated heterocycles. The summed E-state index contributed by atoms with van der Waals surface area (Å²) in [5.74, 6) is 0.00444. The molecular formula is C21H19N5O4. The zero-order valence-electron chi connectivity index (χ0n) is 16.3. The number of carbonyl (C=O) groups is 1. The molecule has 3 aromatic rings. The predicted molar refractivity (Wildman–Crippen MR) is 112 cm³/mol. The van der Waals surface area contributed by atoms with Gasteiger partial charge in [-0.3, -0.25) is 5.43 Å². The number of azo groups is 1. The number of rotatable bonds is 8. The summed E-state index contributed by atoms with van der Waals surface area (Å²) in [7, 11) is 3.07. The van der Waals surface area contributed by atoms with Gasteiger partial charge in [-0.1, -0.05) is 29.5 Å². The van der Waals surface area contributed by atoms with Crippen LogP contribution in [0.3, 0.4) is 0 Å². The van der Waals surface area contributed by atoms with Gasteiger partial charge in [0.15, 0.2) is 0 Å². The molecule has 30 heavy (non-hydrogen) atoms. The number of nitrogens with one attached hydrogen (secondary N) is 1. The van der Waals surface area contributed by atoms with Crippen LogP contribution in [0, 0.1) is 0 Å². The Kier molecular flexibility index (Phi) is 6.67. The minimum atomic E-state index is -1.07. The average molecular weight is 405 g/mol. The summed E-state index contributed by atoms with van der Waals surface area (Å²) in [4.78, 5) is 11.3. The number of ether oxygens (including phenoxy) is 2. The monoisotopic (exact) mass is 405 g/mol. The molecule has 0 heterocycles. The third-order valence-electron chi connectivity index (χ3n) is 4.01. The molecule has 0 radical (unpaired) electrons. The van der Waals surface area contributed by atoms with Gasteiger partial charge in [-0.05, 0) is 36.4 Å². The summed E-state index contributed by atoms with van der Waals surface area (Å²) in [6.45, 7) is 0. The standard InChI is InChI=1S/C21H19N5O4/c1-29-19-10-6-5-9-17(19)24-26-25-18-12-11-14(13-20(18)30-2)22-23-16-8-4-3-7-15(16)21(27)28/h3-13H,1-2H3,(H,24,25)(H,27,28). The first kappa shape index (κ1) is 20.5. The molecule has 9 heteroatoms. The Bertz CT molecular complexity index is 1100. The van der Waals surface area contributed by atoms with Crippen LogP contribution >= 0.6 is 0 Å². The van der Waals surface area contributed by atoms with Crippen LogP contribution in [0.4, 0.5) is 22.7 Å². The Labute approximate surface area is 172 Å². The van der Waals surface area contributed by atoms with Gasteiger partial charge in [0, 0.05) is 6.07 Å². The van der Waals surface area contributed by atoms with Gasteiger partial charge in [-0.25, -0.2) is 4.79 Å². The zero-order valence-corrected chi connectivity index (χ0v) is 16.3. The molecule has 0 aliphatic heterocycles. The van der Waals surface area contributed by atoms with Crippen molar-refractivity contribution in [2.24, 2.45) is 20.6 Å². The quantitative estimate of drug-likeness (QED) is 0.356. The normalized spacial score (nSPS) is 11.0. The molecule has 0 saturated carbocycles. The van der Waals surface area contributed by atoms with Crippen LogP contribution in [0.25, 0.3) is 0 Å². The minimum Gasteiger partial charge on any atom is -0.495 e. The first-order valence-corrected chi connectivity index (χ1v) is 8.84. The van der Waals surface area contributed by atoms with Crippen LogP contribution in [0.15, 0.2) is 87.3 Å². The summed E-state index contributed by atoms with van der Waals surface area (Å²) in [6, 6.07) is 18.7. The molecule has 0 amide bonds. The Morgan fingerprint density at radius 3 is 2.33 bits per heavy atom. The lowest BCUT2D eigenvalue weighted by Crippen LogP contribution is -1.95. The van der Waals surface area contributed by atoms with E-state index in [9.17, 15) is 9.90 Å². The van der Waals surface area contributed by atoms with Gasteiger partial charge in [-0.15, -0.1) is 10.2 Å². The summed E-state index contributed by atoms with van der Waals surface area (Å²) in [5, 5.41) is 25.5. The molecule has 0 aliphatic carbocycles. The van der Waals surface area contributed by atoms with Gasteiger partial charge in [0.25, 0.3) is 0 Å². The molecule has 0 fully saturated rings. The van der Waals surface area contributed by atoms with E-state index in [1.807, 2.05) is 18.2 Å². The summed E-state index contributed by atoms with van der Waals surface area (Å²) >= 11 is 0. The second-order valence-electron chi connectivity index (χ2n) is 5.89. The van der Waals surface area contributed by atoms with Crippen molar-refractivity contribution in [1.82, 2.24) is 0 Å². The number of aromatic carboxylic acids is 1. The molecule has 3 rings (SSSR count). The molecule has 0 aromatic heterocycles. The lowest BCUT2D eigenvalue weighted by molar-refractivity contribution is 0.0697. The number of anilines is 1. The number of benzene rings is 3. The van der Waals surface area contributed by atoms with Gasteiger partial charge in [0.2, 0.25) is 0 Å². The summed E-state index contributed by atoms with van der Waals surface area (Å²) < 4.78 is 10.6. The smallest absolute Gasteiger partial charge is 0.337 e. The van der Waals surface area contributed by atoms with E-state index in [0.29, 0.717) is 28.6 Å². The van der Waals surface area contributed by atoms with Crippen molar-refractivity contribution in [3.63, 3.8) is 0 Å². The minimum absolute atomic E-state index is 0.0704. The third-order valence-corrected chi connectivity index (χ3v) is 4.01. The molecule has 152 valence electrons. The predicted octanol–water partition coefficient (Wildman–Crippen LogP) is 5.93. The van der Waals surface area contributed by atoms with Crippen molar-refractivity contribution in [2.75, 3.05) is 19.6 Å². The number of hydrogen-bond acceptors (Lipinski definition) is 7. The van der Waals surface area contributed by atoms with Crippen LogP contribution < -0.4 is 14.9 Å². The van der Waals surface area contributed by atoms with Crippen molar-refractivity contribution in [3.05, 3.63) is 72.3 Å². The van der Waals surface area contributed by atoms with E-state index in [1.165, 1.54) is 13.2 Å². The van der Waals surface area contributed by atoms with Crippen molar-refractivity contribution in [3.8, 4) is 11.5 Å². The highest BCUT2D eigenvalue weighted by atomic mass is 16.5. The number of nitrogens with zero attached hydrogens (tertiary/aromatic N) is 4. The van der Waals surface area contributed by atoms with Crippen LogP contribution in [0.5, 0.6) is 11.5 Å². The second kappa shape index (κ2) is 9.78. The largest absolute Gasteiger partial charge is 0.495 e. The molecule has 0 bridgehead atoms. The highest BCUT2D eigenvalue weighted by molar-refractivity contribution is 5.93. The zero-order chi connectivity index (χ0) is 21.3. The Hall–Kier alpha value is -4.27. The Morgan fingerprint density at radius 2 is 1.57 bits per heavy atom. The molecule has 9 nitrogen and oxygen atoms in total.